The molecule has 1 aromatic heterocycles. The van der Waals surface area contributed by atoms with E-state index < -0.39 is 0 Å². The molecule has 0 atom stereocenters. The third-order valence-electron chi connectivity index (χ3n) is 3.39. The van der Waals surface area contributed by atoms with Crippen molar-refractivity contribution in [3.63, 3.8) is 0 Å². The topological polar surface area (TPSA) is 95.2 Å². The predicted molar refractivity (Wildman–Crippen MR) is 76.8 cm³/mol. The van der Waals surface area contributed by atoms with Crippen LogP contribution in [0.2, 0.25) is 0 Å². The summed E-state index contributed by atoms with van der Waals surface area (Å²) in [6, 6.07) is 3.42. The molecule has 0 spiro atoms. The maximum absolute atomic E-state index is 9.26. The van der Waals surface area contributed by atoms with Crippen molar-refractivity contribution in [2.45, 2.75) is 25.4 Å². The summed E-state index contributed by atoms with van der Waals surface area (Å²) in [5.74, 6) is 0.243. The van der Waals surface area contributed by atoms with E-state index in [0.29, 0.717) is 12.2 Å². The number of unbranched alkanes of at least 4 members (excludes halogenated alkanes) is 2. The third kappa shape index (κ3) is 5.20. The number of aliphatic hydroxyl groups is 1. The zero-order valence-electron chi connectivity index (χ0n) is 12.1. The van der Waals surface area contributed by atoms with Crippen LogP contribution in [0.15, 0.2) is 29.7 Å². The van der Waals surface area contributed by atoms with Crippen LogP contribution >= 0.6 is 0 Å². The lowest BCUT2D eigenvalue weighted by atomic mass is 10.1. The van der Waals surface area contributed by atoms with E-state index in [2.05, 4.69) is 10.1 Å². The molecule has 0 aromatic carbocycles. The van der Waals surface area contributed by atoms with E-state index in [9.17, 15) is 5.21 Å². The van der Waals surface area contributed by atoms with Crippen molar-refractivity contribution in [2.75, 3.05) is 26.2 Å². The Balaban J connectivity index is 1.55. The van der Waals surface area contributed by atoms with Crippen LogP contribution in [-0.2, 0) is 4.84 Å². The molecule has 7 nitrogen and oxygen atoms in total. The number of rotatable bonds is 8. The Kier molecular flexibility index (Phi) is 5.77. The van der Waals surface area contributed by atoms with E-state index in [4.69, 9.17) is 15.7 Å². The molecule has 21 heavy (non-hydrogen) atoms. The van der Waals surface area contributed by atoms with Gasteiger partial charge in [-0.3, -0.25) is 10.1 Å². The number of hydrogen-bond acceptors (Lipinski definition) is 5. The fourth-order valence-corrected chi connectivity index (χ4v) is 2.19. The number of nitrogens with zero attached hydrogens (tertiary/aromatic N) is 3. The Bertz CT molecular complexity index is 475. The molecule has 1 aromatic rings. The molecule has 1 saturated heterocycles. The van der Waals surface area contributed by atoms with Gasteiger partial charge in [0.25, 0.3) is 0 Å². The predicted octanol–water partition coefficient (Wildman–Crippen LogP) is -0.305. The molecule has 2 rings (SSSR count). The molecule has 0 aliphatic carbocycles. The number of pyridine rings is 1. The van der Waals surface area contributed by atoms with E-state index in [1.807, 2.05) is 0 Å². The third-order valence-corrected chi connectivity index (χ3v) is 3.39. The molecule has 0 saturated carbocycles. The van der Waals surface area contributed by atoms with E-state index in [0.717, 1.165) is 43.6 Å². The van der Waals surface area contributed by atoms with Gasteiger partial charge in [-0.1, -0.05) is 5.16 Å². The van der Waals surface area contributed by atoms with Crippen LogP contribution in [0.25, 0.3) is 0 Å². The van der Waals surface area contributed by atoms with Crippen LogP contribution in [0.4, 0.5) is 0 Å². The van der Waals surface area contributed by atoms with Crippen LogP contribution in [-0.4, -0.2) is 53.4 Å². The van der Waals surface area contributed by atoms with Gasteiger partial charge in [-0.15, -0.1) is 0 Å². The van der Waals surface area contributed by atoms with E-state index in [1.54, 1.807) is 12.1 Å². The summed E-state index contributed by atoms with van der Waals surface area (Å²) in [6.07, 6.45) is 5.91. The number of likely N-dealkylation sites (tertiary alicyclic amines) is 1. The molecule has 7 heteroatoms. The number of nitrogens with two attached hydrogens (primary N) is 1. The van der Waals surface area contributed by atoms with Crippen molar-refractivity contribution in [2.24, 2.45) is 10.9 Å². The first-order valence-electron chi connectivity index (χ1n) is 7.22. The minimum Gasteiger partial charge on any atom is -0.394 e. The summed E-state index contributed by atoms with van der Waals surface area (Å²) >= 11 is 0. The molecule has 1 fully saturated rings. The molecule has 0 unspecified atom stereocenters. The van der Waals surface area contributed by atoms with Gasteiger partial charge in [-0.05, 0) is 31.9 Å². The van der Waals surface area contributed by atoms with Gasteiger partial charge in [-0.25, -0.2) is 0 Å². The Morgan fingerprint density at radius 1 is 1.43 bits per heavy atom. The first-order chi connectivity index (χ1) is 10.1. The number of amidine groups is 1. The second-order valence-electron chi connectivity index (χ2n) is 5.26. The Labute approximate surface area is 124 Å². The van der Waals surface area contributed by atoms with Crippen molar-refractivity contribution < 1.29 is 19.9 Å². The van der Waals surface area contributed by atoms with Crippen LogP contribution in [0.5, 0.6) is 0 Å². The molecular weight excluding hydrogens is 272 g/mol. The number of hydrogen-bond donors (Lipinski definition) is 3. The summed E-state index contributed by atoms with van der Waals surface area (Å²) in [4.78, 5) is 7.41. The van der Waals surface area contributed by atoms with Gasteiger partial charge in [0.15, 0.2) is 5.84 Å². The van der Waals surface area contributed by atoms with Crippen LogP contribution < -0.4 is 10.5 Å². The van der Waals surface area contributed by atoms with Crippen molar-refractivity contribution in [1.82, 2.24) is 4.90 Å². The van der Waals surface area contributed by atoms with Gasteiger partial charge in [-0.2, -0.15) is 0 Å². The highest BCUT2D eigenvalue weighted by molar-refractivity contribution is 5.96. The SMILES string of the molecule is N/C(=N\OCCCCCN1CC(O)C1)c1ccc[n+](O)c1. The smallest absolute Gasteiger partial charge is 0.233 e. The van der Waals surface area contributed by atoms with Crippen molar-refractivity contribution >= 4 is 5.84 Å². The number of β-amino-alcohol motifs (C(OH)–C–C–N with tert-alkyl or cyclic N) is 1. The van der Waals surface area contributed by atoms with Crippen LogP contribution in [0.3, 0.4) is 0 Å². The Morgan fingerprint density at radius 3 is 2.95 bits per heavy atom. The minimum absolute atomic E-state index is 0.124. The first-order valence-corrected chi connectivity index (χ1v) is 7.22. The average Bonchev–Trinajstić information content (AvgIpc) is 2.43. The number of aliphatic hydroxyl groups excluding tert-OH is 1. The summed E-state index contributed by atoms with van der Waals surface area (Å²) in [7, 11) is 0. The molecule has 0 bridgehead atoms. The fraction of sp³-hybridized carbons (Fsp3) is 0.571. The summed E-state index contributed by atoms with van der Waals surface area (Å²) in [5, 5.41) is 22.2. The maximum Gasteiger partial charge on any atom is 0.233 e. The minimum atomic E-state index is -0.124. The quantitative estimate of drug-likeness (QED) is 0.153. The fourth-order valence-electron chi connectivity index (χ4n) is 2.19. The van der Waals surface area contributed by atoms with E-state index in [1.165, 1.54) is 12.4 Å². The normalized spacial score (nSPS) is 16.7. The van der Waals surface area contributed by atoms with E-state index >= 15 is 0 Å². The van der Waals surface area contributed by atoms with Gasteiger partial charge in [0.05, 0.1) is 11.7 Å². The molecule has 0 amide bonds. The zero-order chi connectivity index (χ0) is 15.1. The van der Waals surface area contributed by atoms with E-state index in [-0.39, 0.29) is 11.9 Å². The molecular formula is C14H23N4O3+. The second-order valence-corrected chi connectivity index (χ2v) is 5.26. The highest BCUT2D eigenvalue weighted by atomic mass is 16.6. The maximum atomic E-state index is 9.26. The lowest BCUT2D eigenvalue weighted by Gasteiger charge is -2.35. The first kappa shape index (κ1) is 15.5. The summed E-state index contributed by atoms with van der Waals surface area (Å²) in [5.41, 5.74) is 6.36. The van der Waals surface area contributed by atoms with Gasteiger partial charge in [0, 0.05) is 23.9 Å². The van der Waals surface area contributed by atoms with Gasteiger partial charge in [0.2, 0.25) is 12.4 Å². The molecule has 4 N–H and O–H groups in total. The molecule has 1 aliphatic rings. The standard InChI is InChI=1S/C14H23N4O3/c15-14(12-5-4-7-18(20)9-12)16-21-8-3-1-2-6-17-10-13(19)11-17/h4-5,7,9,13,19-20H,1-3,6,8,10-11H2,(H2,15,16)/q+1. The second kappa shape index (κ2) is 7.80. The Hall–Kier alpha value is -1.86. The highest BCUT2D eigenvalue weighted by Gasteiger charge is 2.22. The van der Waals surface area contributed by atoms with Crippen molar-refractivity contribution in [3.8, 4) is 0 Å². The monoisotopic (exact) mass is 295 g/mol. The summed E-state index contributed by atoms with van der Waals surface area (Å²) < 4.78 is 0.921. The van der Waals surface area contributed by atoms with Crippen LogP contribution in [0.1, 0.15) is 24.8 Å². The van der Waals surface area contributed by atoms with Gasteiger partial charge >= 0.3 is 0 Å². The zero-order valence-corrected chi connectivity index (χ0v) is 12.1. The summed E-state index contributed by atoms with van der Waals surface area (Å²) in [6.45, 7) is 3.16. The largest absolute Gasteiger partial charge is 0.394 e. The lowest BCUT2D eigenvalue weighted by molar-refractivity contribution is -0.904. The number of oxime groups is 1. The molecule has 0 radical (unpaired) electrons. The molecule has 116 valence electrons. The van der Waals surface area contributed by atoms with Gasteiger partial charge < -0.3 is 15.7 Å². The van der Waals surface area contributed by atoms with Crippen molar-refractivity contribution in [1.29, 1.82) is 0 Å². The highest BCUT2D eigenvalue weighted by Crippen LogP contribution is 2.09. The molecule has 2 heterocycles. The van der Waals surface area contributed by atoms with Crippen LogP contribution in [0, 0.1) is 0 Å². The van der Waals surface area contributed by atoms with Gasteiger partial charge in [0.1, 0.15) is 6.61 Å². The number of aromatic nitrogens is 1. The average molecular weight is 295 g/mol. The lowest BCUT2D eigenvalue weighted by Crippen LogP contribution is -2.50. The molecule has 1 aliphatic heterocycles. The van der Waals surface area contributed by atoms with Crippen molar-refractivity contribution in [3.05, 3.63) is 30.1 Å². The Morgan fingerprint density at radius 2 is 2.24 bits per heavy atom.